The molecule has 2 heterocycles. The number of hydrogen-bond acceptors (Lipinski definition) is 7. The van der Waals surface area contributed by atoms with E-state index in [0.717, 1.165) is 16.0 Å². The van der Waals surface area contributed by atoms with Crippen molar-refractivity contribution in [3.05, 3.63) is 53.5 Å². The maximum atomic E-state index is 14.6. The summed E-state index contributed by atoms with van der Waals surface area (Å²) in [5, 5.41) is 2.83. The highest BCUT2D eigenvalue weighted by Gasteiger charge is 2.46. The van der Waals surface area contributed by atoms with Crippen molar-refractivity contribution in [2.24, 2.45) is 5.92 Å². The predicted octanol–water partition coefficient (Wildman–Crippen LogP) is 3.17. The number of alkyl halides is 2. The number of benzene rings is 1. The van der Waals surface area contributed by atoms with Crippen LogP contribution in [-0.2, 0) is 20.7 Å². The van der Waals surface area contributed by atoms with Crippen LogP contribution in [0, 0.1) is 19.8 Å². The molecule has 1 saturated heterocycles. The van der Waals surface area contributed by atoms with Gasteiger partial charge in [0.15, 0.2) is 0 Å². The summed E-state index contributed by atoms with van der Waals surface area (Å²) in [5.41, 5.74) is 2.52. The van der Waals surface area contributed by atoms with Gasteiger partial charge in [0.1, 0.15) is 5.82 Å². The molecule has 32 heavy (non-hydrogen) atoms. The van der Waals surface area contributed by atoms with Gasteiger partial charge in [-0.05, 0) is 32.3 Å². The largest absolute Gasteiger partial charge is 0.425 e. The summed E-state index contributed by atoms with van der Waals surface area (Å²) in [7, 11) is -4.20. The Kier molecular flexibility index (Phi) is 7.27. The summed E-state index contributed by atoms with van der Waals surface area (Å²) >= 11 is 0. The van der Waals surface area contributed by atoms with E-state index < -0.39 is 40.3 Å². The Bertz CT molecular complexity index is 1030. The lowest BCUT2D eigenvalue weighted by molar-refractivity contribution is -0.0984. The fourth-order valence-corrected chi connectivity index (χ4v) is 4.20. The molecule has 1 N–H and O–H groups in total. The lowest BCUT2D eigenvalue weighted by Crippen LogP contribution is -2.52. The second-order valence-corrected chi connectivity index (χ2v) is 9.63. The highest BCUT2D eigenvalue weighted by molar-refractivity contribution is 7.87. The van der Waals surface area contributed by atoms with Gasteiger partial charge in [0.25, 0.3) is 5.92 Å². The number of hydrogen-bond donors (Lipinski definition) is 1. The summed E-state index contributed by atoms with van der Waals surface area (Å²) < 4.78 is 58.1. The maximum absolute atomic E-state index is 14.6. The molecule has 11 heteroatoms. The lowest BCUT2D eigenvalue weighted by Gasteiger charge is -2.37. The van der Waals surface area contributed by atoms with Crippen LogP contribution in [0.1, 0.15) is 23.2 Å². The first-order valence-electron chi connectivity index (χ1n) is 10.2. The van der Waals surface area contributed by atoms with Crippen molar-refractivity contribution in [2.75, 3.05) is 30.7 Å². The first-order valence-corrected chi connectivity index (χ1v) is 11.8. The van der Waals surface area contributed by atoms with Crippen LogP contribution in [0.4, 0.5) is 19.4 Å². The van der Waals surface area contributed by atoms with E-state index in [9.17, 15) is 22.0 Å². The minimum Gasteiger partial charge on any atom is -0.368 e. The van der Waals surface area contributed by atoms with Gasteiger partial charge in [-0.25, -0.2) is 18.6 Å². The van der Waals surface area contributed by atoms with Crippen molar-refractivity contribution in [3.63, 3.8) is 0 Å². The van der Waals surface area contributed by atoms with E-state index in [1.54, 1.807) is 19.1 Å². The first-order chi connectivity index (χ1) is 15.0. The summed E-state index contributed by atoms with van der Waals surface area (Å²) in [6.45, 7) is 2.68. The van der Waals surface area contributed by atoms with Crippen LogP contribution < -0.4 is 5.32 Å². The molecule has 8 nitrogen and oxygen atoms in total. The number of halogens is 2. The number of nitrogens with one attached hydrogen (secondary N) is 1. The molecule has 2 aromatic rings. The minimum atomic E-state index is -4.20. The Labute approximate surface area is 186 Å². The normalized spacial score (nSPS) is 18.2. The van der Waals surface area contributed by atoms with E-state index in [4.69, 9.17) is 0 Å². The highest BCUT2D eigenvalue weighted by atomic mass is 32.2. The van der Waals surface area contributed by atoms with Crippen molar-refractivity contribution in [1.29, 1.82) is 0 Å². The van der Waals surface area contributed by atoms with Gasteiger partial charge in [-0.3, -0.25) is 4.98 Å². The van der Waals surface area contributed by atoms with E-state index in [-0.39, 0.29) is 25.9 Å². The van der Waals surface area contributed by atoms with E-state index >= 15 is 0 Å². The van der Waals surface area contributed by atoms with Gasteiger partial charge in [0, 0.05) is 19.0 Å². The van der Waals surface area contributed by atoms with Gasteiger partial charge in [-0.15, -0.1) is 0 Å². The summed E-state index contributed by atoms with van der Waals surface area (Å²) in [4.78, 5) is 21.1. The quantitative estimate of drug-likeness (QED) is 0.623. The Morgan fingerprint density at radius 2 is 1.94 bits per heavy atom. The van der Waals surface area contributed by atoms with E-state index in [0.29, 0.717) is 11.5 Å². The average molecular weight is 469 g/mol. The van der Waals surface area contributed by atoms with Crippen molar-refractivity contribution >= 4 is 22.0 Å². The SMILES string of the molecule is Cc1ccc(CCS(=O)(=O)OC(=O)N2CC[C@H](CNc3cnc(C)cn3)C(F)(F)C2)cc1. The molecule has 0 radical (unpaired) electrons. The number of carbonyl (C=O) groups is 1. The third-order valence-electron chi connectivity index (χ3n) is 5.27. The smallest absolute Gasteiger partial charge is 0.368 e. The Balaban J connectivity index is 1.50. The lowest BCUT2D eigenvalue weighted by atomic mass is 9.93. The molecule has 174 valence electrons. The zero-order chi connectivity index (χ0) is 23.4. The molecule has 1 amide bonds. The van der Waals surface area contributed by atoms with E-state index in [1.165, 1.54) is 12.4 Å². The number of amides is 1. The van der Waals surface area contributed by atoms with Crippen molar-refractivity contribution < 1.29 is 26.2 Å². The fraction of sp³-hybridized carbons (Fsp3) is 0.476. The summed E-state index contributed by atoms with van der Waals surface area (Å²) in [6.07, 6.45) is 1.85. The summed E-state index contributed by atoms with van der Waals surface area (Å²) in [5.74, 6) is -4.30. The van der Waals surface area contributed by atoms with Gasteiger partial charge in [0.2, 0.25) is 0 Å². The van der Waals surface area contributed by atoms with Crippen LogP contribution in [-0.4, -0.2) is 60.7 Å². The van der Waals surface area contributed by atoms with Gasteiger partial charge >= 0.3 is 16.2 Å². The topological polar surface area (TPSA) is 101 Å². The van der Waals surface area contributed by atoms with E-state index in [2.05, 4.69) is 19.5 Å². The molecular weight excluding hydrogens is 442 g/mol. The molecule has 1 fully saturated rings. The van der Waals surface area contributed by atoms with Crippen LogP contribution in [0.15, 0.2) is 36.7 Å². The van der Waals surface area contributed by atoms with Crippen molar-refractivity contribution in [1.82, 2.24) is 14.9 Å². The highest BCUT2D eigenvalue weighted by Crippen LogP contribution is 2.33. The number of piperidine rings is 1. The molecule has 0 saturated carbocycles. The standard InChI is InChI=1S/C21H26F2N4O4S/c1-15-3-5-17(6-4-15)8-10-32(29,30)31-20(28)27-9-7-18(21(22,23)14-27)12-26-19-13-24-16(2)11-25-19/h3-6,11,13,18H,7-10,12,14H2,1-2H3,(H,25,26)/t18-/m1/s1. The van der Waals surface area contributed by atoms with Gasteiger partial charge in [-0.1, -0.05) is 29.8 Å². The Morgan fingerprint density at radius 1 is 1.22 bits per heavy atom. The van der Waals surface area contributed by atoms with Crippen molar-refractivity contribution in [3.8, 4) is 0 Å². The molecule has 1 aromatic carbocycles. The number of nitrogens with zero attached hydrogens (tertiary/aromatic N) is 3. The second kappa shape index (κ2) is 9.76. The van der Waals surface area contributed by atoms with Gasteiger partial charge in [-0.2, -0.15) is 8.42 Å². The van der Waals surface area contributed by atoms with Crippen molar-refractivity contribution in [2.45, 2.75) is 32.6 Å². The Hall–Kier alpha value is -2.82. The zero-order valence-corrected chi connectivity index (χ0v) is 18.7. The predicted molar refractivity (Wildman–Crippen MR) is 115 cm³/mol. The molecule has 0 spiro atoms. The molecular formula is C21H26F2N4O4S. The number of likely N-dealkylation sites (tertiary alicyclic amines) is 1. The van der Waals surface area contributed by atoms with Gasteiger partial charge in [0.05, 0.1) is 30.4 Å². The maximum Gasteiger partial charge on any atom is 0.425 e. The van der Waals surface area contributed by atoms with E-state index in [1.807, 2.05) is 19.1 Å². The molecule has 0 aliphatic carbocycles. The fourth-order valence-electron chi connectivity index (χ4n) is 3.30. The van der Waals surface area contributed by atoms with Crippen LogP contribution >= 0.6 is 0 Å². The number of carbonyl (C=O) groups excluding carboxylic acids is 1. The number of anilines is 1. The minimum absolute atomic E-state index is 0.0161. The molecule has 1 aliphatic rings. The molecule has 3 rings (SSSR count). The molecule has 1 aromatic heterocycles. The van der Waals surface area contributed by atoms with Crippen LogP contribution in [0.2, 0.25) is 0 Å². The third-order valence-corrected chi connectivity index (χ3v) is 6.38. The average Bonchev–Trinajstić information content (AvgIpc) is 2.73. The number of aromatic nitrogens is 2. The molecule has 1 aliphatic heterocycles. The summed E-state index contributed by atoms with van der Waals surface area (Å²) in [6, 6.07) is 7.27. The first kappa shape index (κ1) is 23.8. The molecule has 1 atom stereocenters. The monoisotopic (exact) mass is 468 g/mol. The number of aryl methyl sites for hydroxylation is 3. The molecule has 0 bridgehead atoms. The van der Waals surface area contributed by atoms with Crippen LogP contribution in [0.25, 0.3) is 0 Å². The van der Waals surface area contributed by atoms with Gasteiger partial charge < -0.3 is 14.4 Å². The second-order valence-electron chi connectivity index (χ2n) is 7.94. The Morgan fingerprint density at radius 3 is 2.56 bits per heavy atom. The third kappa shape index (κ3) is 6.59. The number of rotatable bonds is 7. The molecule has 0 unspecified atom stereocenters. The van der Waals surface area contributed by atoms with Crippen LogP contribution in [0.5, 0.6) is 0 Å². The zero-order valence-electron chi connectivity index (χ0n) is 17.9. The van der Waals surface area contributed by atoms with Crippen LogP contribution in [0.3, 0.4) is 0 Å².